The fraction of sp³-hybridized carbons (Fsp3) is 0.889. The average molecular weight is 236 g/mol. The minimum atomic E-state index is -2.16. The fourth-order valence-electron chi connectivity index (χ4n) is 0.563. The molecule has 0 bridgehead atoms. The van der Waals surface area contributed by atoms with Crippen LogP contribution in [0.1, 0.15) is 34.6 Å². The van der Waals surface area contributed by atoms with E-state index in [-0.39, 0.29) is 5.41 Å². The molecule has 0 heterocycles. The molecule has 0 saturated carbocycles. The molecule has 6 heteroatoms. The quantitative estimate of drug-likeness (QED) is 0.345. The highest BCUT2D eigenvalue weighted by atomic mass is 31.1. The summed E-state index contributed by atoms with van der Waals surface area (Å²) in [4.78, 5) is 0. The normalized spacial score (nSPS) is 16.3. The van der Waals surface area contributed by atoms with Gasteiger partial charge in [-0.3, -0.25) is 0 Å². The van der Waals surface area contributed by atoms with E-state index in [0.29, 0.717) is 12.3 Å². The summed E-state index contributed by atoms with van der Waals surface area (Å²) < 4.78 is 21.3. The molecular weight excluding hydrogens is 217 g/mol. The summed E-state index contributed by atoms with van der Waals surface area (Å²) in [7, 11) is -2.16. The van der Waals surface area contributed by atoms with Gasteiger partial charge in [0.05, 0.1) is 5.71 Å². The highest BCUT2D eigenvalue weighted by molar-refractivity contribution is 7.33. The van der Waals surface area contributed by atoms with Crippen LogP contribution in [0.5, 0.6) is 0 Å². The minimum absolute atomic E-state index is 0.0578. The molecule has 1 N–H and O–H groups in total. The highest BCUT2D eigenvalue weighted by Gasteiger charge is 2.28. The Labute approximate surface area is 91.4 Å². The van der Waals surface area contributed by atoms with Gasteiger partial charge in [0.15, 0.2) is 6.10 Å². The van der Waals surface area contributed by atoms with E-state index in [0.717, 1.165) is 0 Å². The summed E-state index contributed by atoms with van der Waals surface area (Å²) in [5.41, 5.74) is 0.301. The zero-order valence-electron chi connectivity index (χ0n) is 9.85. The Hall–Kier alpha value is -0.510. The molecule has 0 amide bonds. The van der Waals surface area contributed by atoms with Gasteiger partial charge in [-0.2, -0.15) is 0 Å². The first-order valence-electron chi connectivity index (χ1n) is 4.72. The Morgan fingerprint density at radius 1 is 1.53 bits per heavy atom. The second-order valence-electron chi connectivity index (χ2n) is 4.55. The number of hydrogen-bond acceptors (Lipinski definition) is 5. The molecule has 0 aliphatic rings. The van der Waals surface area contributed by atoms with Crippen molar-refractivity contribution in [1.29, 1.82) is 0 Å². The van der Waals surface area contributed by atoms with Gasteiger partial charge < -0.3 is 5.21 Å². The Balaban J connectivity index is 3.95. The van der Waals surface area contributed by atoms with Gasteiger partial charge in [0, 0.05) is 4.57 Å². The third kappa shape index (κ3) is 7.42. The van der Waals surface area contributed by atoms with Crippen molar-refractivity contribution in [3.05, 3.63) is 0 Å². The molecule has 0 aromatic rings. The van der Waals surface area contributed by atoms with E-state index in [9.17, 15) is 4.57 Å². The molecule has 0 saturated heterocycles. The summed E-state index contributed by atoms with van der Waals surface area (Å²) >= 11 is 0. The summed E-state index contributed by atoms with van der Waals surface area (Å²) in [6.45, 7) is 9.49. The predicted molar refractivity (Wildman–Crippen MR) is 58.5 cm³/mol. The van der Waals surface area contributed by atoms with Crippen LogP contribution in [0.2, 0.25) is 0 Å². The second-order valence-corrected chi connectivity index (χ2v) is 5.46. The lowest BCUT2D eigenvalue weighted by molar-refractivity contribution is 0.157. The molecule has 15 heavy (non-hydrogen) atoms. The van der Waals surface area contributed by atoms with Crippen LogP contribution < -0.4 is 0 Å². The van der Waals surface area contributed by atoms with E-state index in [1.807, 2.05) is 20.8 Å². The number of oxime groups is 1. The SMILES string of the molecule is CC(=NO)C(C)O[P+](=O)OCC(C)(C)C. The maximum absolute atomic E-state index is 11.3. The van der Waals surface area contributed by atoms with E-state index < -0.39 is 14.4 Å². The molecule has 0 aromatic carbocycles. The number of nitrogens with zero attached hydrogens (tertiary/aromatic N) is 1. The highest BCUT2D eigenvalue weighted by Crippen LogP contribution is 2.29. The molecule has 0 rings (SSSR count). The van der Waals surface area contributed by atoms with Crippen molar-refractivity contribution >= 4 is 14.0 Å². The fourth-order valence-corrected chi connectivity index (χ4v) is 1.53. The van der Waals surface area contributed by atoms with Crippen LogP contribution in [0, 0.1) is 5.41 Å². The molecular formula is C9H19NO4P+. The Kier molecular flexibility index (Phi) is 5.95. The first kappa shape index (κ1) is 14.5. The average Bonchev–Trinajstić information content (AvgIpc) is 2.12. The number of hydrogen-bond donors (Lipinski definition) is 1. The van der Waals surface area contributed by atoms with Crippen LogP contribution in [-0.2, 0) is 13.6 Å². The Morgan fingerprint density at radius 3 is 2.47 bits per heavy atom. The van der Waals surface area contributed by atoms with Gasteiger partial charge in [-0.05, 0) is 19.3 Å². The van der Waals surface area contributed by atoms with E-state index >= 15 is 0 Å². The van der Waals surface area contributed by atoms with Crippen molar-refractivity contribution in [2.45, 2.75) is 40.7 Å². The standard InChI is InChI=1S/C9H18NO4P/c1-7(10-11)8(2)14-15(12)13-6-9(3,4)5/h8H,6H2,1-5H3/p+1. The lowest BCUT2D eigenvalue weighted by Gasteiger charge is -2.12. The Morgan fingerprint density at radius 2 is 2.07 bits per heavy atom. The molecule has 0 fully saturated rings. The summed E-state index contributed by atoms with van der Waals surface area (Å²) in [6.07, 6.45) is -0.515. The van der Waals surface area contributed by atoms with Crippen LogP contribution in [0.3, 0.4) is 0 Å². The van der Waals surface area contributed by atoms with Crippen LogP contribution in [0.4, 0.5) is 0 Å². The molecule has 2 unspecified atom stereocenters. The van der Waals surface area contributed by atoms with Gasteiger partial charge in [0.2, 0.25) is 0 Å². The third-order valence-electron chi connectivity index (χ3n) is 1.59. The maximum Gasteiger partial charge on any atom is 0.698 e. The van der Waals surface area contributed by atoms with Crippen molar-refractivity contribution in [2.24, 2.45) is 10.6 Å². The van der Waals surface area contributed by atoms with Gasteiger partial charge in [0.25, 0.3) is 0 Å². The topological polar surface area (TPSA) is 68.1 Å². The van der Waals surface area contributed by atoms with Gasteiger partial charge in [-0.25, -0.2) is 0 Å². The first-order chi connectivity index (χ1) is 6.76. The van der Waals surface area contributed by atoms with Crippen molar-refractivity contribution < 1.29 is 18.8 Å². The van der Waals surface area contributed by atoms with Gasteiger partial charge >= 0.3 is 8.25 Å². The molecule has 0 radical (unpaired) electrons. The molecule has 5 nitrogen and oxygen atoms in total. The largest absolute Gasteiger partial charge is 0.698 e. The van der Waals surface area contributed by atoms with Crippen molar-refractivity contribution in [3.8, 4) is 0 Å². The molecule has 88 valence electrons. The lowest BCUT2D eigenvalue weighted by atomic mass is 9.99. The molecule has 0 aliphatic carbocycles. The van der Waals surface area contributed by atoms with Crippen molar-refractivity contribution in [2.75, 3.05) is 6.61 Å². The summed E-state index contributed by atoms with van der Waals surface area (Å²) in [6, 6.07) is 0. The molecule has 2 atom stereocenters. The van der Waals surface area contributed by atoms with E-state index in [1.165, 1.54) is 0 Å². The van der Waals surface area contributed by atoms with E-state index in [1.54, 1.807) is 13.8 Å². The Bertz CT molecular complexity index is 247. The van der Waals surface area contributed by atoms with Crippen LogP contribution in [0.25, 0.3) is 0 Å². The van der Waals surface area contributed by atoms with Crippen LogP contribution >= 0.6 is 8.25 Å². The smallest absolute Gasteiger partial charge is 0.411 e. The van der Waals surface area contributed by atoms with Crippen LogP contribution in [0.15, 0.2) is 5.16 Å². The molecule has 0 spiro atoms. The van der Waals surface area contributed by atoms with Gasteiger partial charge in [-0.15, -0.1) is 9.05 Å². The molecule has 0 aromatic heterocycles. The predicted octanol–water partition coefficient (Wildman–Crippen LogP) is 2.96. The third-order valence-corrected chi connectivity index (χ3v) is 2.42. The monoisotopic (exact) mass is 236 g/mol. The zero-order valence-corrected chi connectivity index (χ0v) is 10.7. The molecule has 0 aliphatic heterocycles. The van der Waals surface area contributed by atoms with E-state index in [2.05, 4.69) is 5.16 Å². The number of rotatable bonds is 5. The minimum Gasteiger partial charge on any atom is -0.411 e. The second kappa shape index (κ2) is 6.16. The lowest BCUT2D eigenvalue weighted by Crippen LogP contribution is -2.16. The van der Waals surface area contributed by atoms with E-state index in [4.69, 9.17) is 14.3 Å². The van der Waals surface area contributed by atoms with Crippen molar-refractivity contribution in [3.63, 3.8) is 0 Å². The van der Waals surface area contributed by atoms with Crippen molar-refractivity contribution in [1.82, 2.24) is 0 Å². The maximum atomic E-state index is 11.3. The summed E-state index contributed by atoms with van der Waals surface area (Å²) in [5, 5.41) is 11.4. The first-order valence-corrected chi connectivity index (χ1v) is 5.81. The zero-order chi connectivity index (χ0) is 12.1. The van der Waals surface area contributed by atoms with Crippen LogP contribution in [-0.4, -0.2) is 23.6 Å². The summed E-state index contributed by atoms with van der Waals surface area (Å²) in [5.74, 6) is 0. The van der Waals surface area contributed by atoms with Gasteiger partial charge in [0.1, 0.15) is 6.61 Å². The van der Waals surface area contributed by atoms with Gasteiger partial charge in [-0.1, -0.05) is 25.9 Å².